The number of fused-ring (bicyclic) bond motifs is 1. The van der Waals surface area contributed by atoms with Crippen LogP contribution in [0.25, 0.3) is 0 Å². The lowest BCUT2D eigenvalue weighted by Gasteiger charge is -2.43. The van der Waals surface area contributed by atoms with Gasteiger partial charge < -0.3 is 19.9 Å². The Labute approximate surface area is 176 Å². The SMILES string of the molecule is COc1cc(NC(=O)CN2C[C@H]3C[C@@H](N4CCOCC4)[C@H](O)C[C@H]3C2)ccc1Cl. The first kappa shape index (κ1) is 20.9. The zero-order valence-corrected chi connectivity index (χ0v) is 17.6. The van der Waals surface area contributed by atoms with Crippen LogP contribution in [-0.4, -0.2) is 86.0 Å². The highest BCUT2D eigenvalue weighted by molar-refractivity contribution is 6.32. The van der Waals surface area contributed by atoms with Gasteiger partial charge in [0.05, 0.1) is 38.0 Å². The summed E-state index contributed by atoms with van der Waals surface area (Å²) in [4.78, 5) is 17.1. The fourth-order valence-corrected chi connectivity index (χ4v) is 5.27. The monoisotopic (exact) mass is 423 g/mol. The Morgan fingerprint density at radius 1 is 1.28 bits per heavy atom. The van der Waals surface area contributed by atoms with Gasteiger partial charge in [0, 0.05) is 44.0 Å². The van der Waals surface area contributed by atoms with E-state index in [2.05, 4.69) is 15.1 Å². The van der Waals surface area contributed by atoms with Crippen LogP contribution < -0.4 is 10.1 Å². The molecule has 1 aromatic rings. The molecule has 0 aromatic heterocycles. The van der Waals surface area contributed by atoms with Crippen molar-refractivity contribution < 1.29 is 19.4 Å². The third kappa shape index (κ3) is 4.86. The Kier molecular flexibility index (Phi) is 6.61. The summed E-state index contributed by atoms with van der Waals surface area (Å²) < 4.78 is 10.7. The molecule has 4 atom stereocenters. The molecule has 2 aliphatic heterocycles. The fourth-order valence-electron chi connectivity index (χ4n) is 5.08. The lowest BCUT2D eigenvalue weighted by atomic mass is 9.77. The van der Waals surface area contributed by atoms with Crippen LogP contribution in [0, 0.1) is 11.8 Å². The number of morpholine rings is 1. The molecule has 2 saturated heterocycles. The highest BCUT2D eigenvalue weighted by atomic mass is 35.5. The van der Waals surface area contributed by atoms with Gasteiger partial charge in [-0.15, -0.1) is 0 Å². The molecule has 1 amide bonds. The molecule has 2 N–H and O–H groups in total. The molecule has 7 nitrogen and oxygen atoms in total. The van der Waals surface area contributed by atoms with Gasteiger partial charge in [-0.1, -0.05) is 11.6 Å². The Hall–Kier alpha value is -1.38. The third-order valence-electron chi connectivity index (χ3n) is 6.50. The minimum atomic E-state index is -0.287. The van der Waals surface area contributed by atoms with Crippen LogP contribution in [0.15, 0.2) is 18.2 Å². The summed E-state index contributed by atoms with van der Waals surface area (Å²) in [6.45, 7) is 5.44. The standard InChI is InChI=1S/C21H30ClN3O4/c1-28-20-10-16(2-3-17(20)22)23-21(27)13-24-11-14-8-18(19(26)9-15(14)12-24)25-4-6-29-7-5-25/h2-3,10,14-15,18-19,26H,4-9,11-13H2,1H3,(H,23,27)/t14-,15+,18-,19-/m1/s1. The van der Waals surface area contributed by atoms with Gasteiger partial charge in [-0.25, -0.2) is 0 Å². The van der Waals surface area contributed by atoms with E-state index in [4.69, 9.17) is 21.1 Å². The summed E-state index contributed by atoms with van der Waals surface area (Å²) in [7, 11) is 1.55. The van der Waals surface area contributed by atoms with Gasteiger partial charge in [-0.3, -0.25) is 14.6 Å². The van der Waals surface area contributed by atoms with Crippen LogP contribution in [0.3, 0.4) is 0 Å². The topological polar surface area (TPSA) is 74.3 Å². The lowest BCUT2D eigenvalue weighted by Crippen LogP contribution is -2.53. The highest BCUT2D eigenvalue weighted by Crippen LogP contribution is 2.38. The van der Waals surface area contributed by atoms with E-state index in [1.165, 1.54) is 0 Å². The lowest BCUT2D eigenvalue weighted by molar-refractivity contribution is -0.117. The molecule has 4 rings (SSSR count). The zero-order valence-electron chi connectivity index (χ0n) is 16.8. The smallest absolute Gasteiger partial charge is 0.238 e. The number of carbonyl (C=O) groups excluding carboxylic acids is 1. The Morgan fingerprint density at radius 3 is 2.72 bits per heavy atom. The van der Waals surface area contributed by atoms with Crippen molar-refractivity contribution in [2.45, 2.75) is 25.0 Å². The Morgan fingerprint density at radius 2 is 2.00 bits per heavy atom. The molecule has 0 spiro atoms. The molecule has 0 radical (unpaired) electrons. The van der Waals surface area contributed by atoms with Crippen LogP contribution in [-0.2, 0) is 9.53 Å². The quantitative estimate of drug-likeness (QED) is 0.750. The molecule has 1 saturated carbocycles. The number of anilines is 1. The summed E-state index contributed by atoms with van der Waals surface area (Å²) in [5, 5.41) is 14.1. The molecule has 0 bridgehead atoms. The van der Waals surface area contributed by atoms with Crippen LogP contribution >= 0.6 is 11.6 Å². The minimum Gasteiger partial charge on any atom is -0.495 e. The van der Waals surface area contributed by atoms with Gasteiger partial charge in [-0.05, 0) is 36.8 Å². The van der Waals surface area contributed by atoms with Crippen molar-refractivity contribution >= 4 is 23.2 Å². The van der Waals surface area contributed by atoms with Gasteiger partial charge in [0.2, 0.25) is 5.91 Å². The predicted molar refractivity (Wildman–Crippen MR) is 111 cm³/mol. The number of nitrogens with zero attached hydrogens (tertiary/aromatic N) is 2. The molecule has 0 unspecified atom stereocenters. The fraction of sp³-hybridized carbons (Fsp3) is 0.667. The maximum Gasteiger partial charge on any atom is 0.238 e. The average Bonchev–Trinajstić information content (AvgIpc) is 3.10. The van der Waals surface area contributed by atoms with Gasteiger partial charge in [0.25, 0.3) is 0 Å². The molecular formula is C21H30ClN3O4. The van der Waals surface area contributed by atoms with E-state index in [0.717, 1.165) is 52.2 Å². The number of benzene rings is 1. The summed E-state index contributed by atoms with van der Waals surface area (Å²) in [5.41, 5.74) is 0.677. The maximum absolute atomic E-state index is 12.5. The number of halogens is 1. The van der Waals surface area contributed by atoms with E-state index in [-0.39, 0.29) is 18.1 Å². The summed E-state index contributed by atoms with van der Waals surface area (Å²) in [5.74, 6) is 1.50. The van der Waals surface area contributed by atoms with E-state index >= 15 is 0 Å². The van der Waals surface area contributed by atoms with Crippen LogP contribution in [0.1, 0.15) is 12.8 Å². The Bertz CT molecular complexity index is 728. The summed E-state index contributed by atoms with van der Waals surface area (Å²) in [6, 6.07) is 5.44. The maximum atomic E-state index is 12.5. The Balaban J connectivity index is 1.31. The van der Waals surface area contributed by atoms with Gasteiger partial charge in [-0.2, -0.15) is 0 Å². The zero-order chi connectivity index (χ0) is 20.4. The molecular weight excluding hydrogens is 394 g/mol. The molecule has 29 heavy (non-hydrogen) atoms. The number of aliphatic hydroxyl groups excluding tert-OH is 1. The van der Waals surface area contributed by atoms with Gasteiger partial charge in [0.1, 0.15) is 5.75 Å². The van der Waals surface area contributed by atoms with Crippen molar-refractivity contribution in [3.63, 3.8) is 0 Å². The number of aliphatic hydroxyl groups is 1. The number of rotatable bonds is 5. The second-order valence-electron chi connectivity index (χ2n) is 8.37. The number of nitrogens with one attached hydrogen (secondary N) is 1. The van der Waals surface area contributed by atoms with Crippen LogP contribution in [0.2, 0.25) is 5.02 Å². The van der Waals surface area contributed by atoms with E-state index in [9.17, 15) is 9.90 Å². The molecule has 8 heteroatoms. The number of carbonyl (C=O) groups is 1. The molecule has 1 aliphatic carbocycles. The van der Waals surface area contributed by atoms with E-state index in [0.29, 0.717) is 34.8 Å². The van der Waals surface area contributed by atoms with Crippen molar-refractivity contribution in [2.75, 3.05) is 58.4 Å². The van der Waals surface area contributed by atoms with Crippen LogP contribution in [0.5, 0.6) is 5.75 Å². The normalized spacial score (nSPS) is 30.7. The summed E-state index contributed by atoms with van der Waals surface area (Å²) in [6.07, 6.45) is 1.53. The first-order valence-electron chi connectivity index (χ1n) is 10.4. The van der Waals surface area contributed by atoms with Gasteiger partial charge in [0.15, 0.2) is 0 Å². The number of hydrogen-bond donors (Lipinski definition) is 2. The third-order valence-corrected chi connectivity index (χ3v) is 6.81. The number of methoxy groups -OCH3 is 1. The molecule has 1 aromatic carbocycles. The summed E-state index contributed by atoms with van der Waals surface area (Å²) >= 11 is 6.04. The predicted octanol–water partition coefficient (Wildman–Crippen LogP) is 1.69. The first-order chi connectivity index (χ1) is 14.0. The second-order valence-corrected chi connectivity index (χ2v) is 8.77. The number of amides is 1. The van der Waals surface area contributed by atoms with Crippen molar-refractivity contribution in [3.8, 4) is 5.75 Å². The molecule has 3 aliphatic rings. The van der Waals surface area contributed by atoms with E-state index < -0.39 is 0 Å². The van der Waals surface area contributed by atoms with Crippen molar-refractivity contribution in [1.82, 2.24) is 9.80 Å². The minimum absolute atomic E-state index is 0.0432. The first-order valence-corrected chi connectivity index (χ1v) is 10.8. The van der Waals surface area contributed by atoms with E-state index in [1.807, 2.05) is 0 Å². The largest absolute Gasteiger partial charge is 0.495 e. The van der Waals surface area contributed by atoms with Crippen molar-refractivity contribution in [2.24, 2.45) is 11.8 Å². The molecule has 2 heterocycles. The second kappa shape index (κ2) is 9.18. The van der Waals surface area contributed by atoms with Crippen molar-refractivity contribution in [1.29, 1.82) is 0 Å². The van der Waals surface area contributed by atoms with Gasteiger partial charge >= 0.3 is 0 Å². The highest BCUT2D eigenvalue weighted by Gasteiger charge is 2.43. The molecule has 160 valence electrons. The van der Waals surface area contributed by atoms with Crippen LogP contribution in [0.4, 0.5) is 5.69 Å². The molecule has 3 fully saturated rings. The van der Waals surface area contributed by atoms with E-state index in [1.54, 1.807) is 25.3 Å². The number of ether oxygens (including phenoxy) is 2. The van der Waals surface area contributed by atoms with Crippen molar-refractivity contribution in [3.05, 3.63) is 23.2 Å². The number of hydrogen-bond acceptors (Lipinski definition) is 6. The average molecular weight is 424 g/mol. The number of likely N-dealkylation sites (tertiary alicyclic amines) is 1.